The number of hydrogen-bond donors (Lipinski definition) is 2. The number of aldehydes is 2. The molecular formula is C21H20O8. The van der Waals surface area contributed by atoms with E-state index in [9.17, 15) is 29.4 Å². The molecule has 152 valence electrons. The van der Waals surface area contributed by atoms with E-state index in [2.05, 4.69) is 4.74 Å². The minimum Gasteiger partial charge on any atom is -0.507 e. The summed E-state index contributed by atoms with van der Waals surface area (Å²) in [5.74, 6) is -2.50. The number of benzene rings is 2. The Morgan fingerprint density at radius 1 is 0.862 bits per heavy atom. The van der Waals surface area contributed by atoms with Gasteiger partial charge < -0.3 is 19.7 Å². The lowest BCUT2D eigenvalue weighted by Crippen LogP contribution is -2.15. The fraction of sp³-hybridized carbons (Fsp3) is 0.238. The van der Waals surface area contributed by atoms with Crippen LogP contribution in [0.2, 0.25) is 0 Å². The highest BCUT2D eigenvalue weighted by Gasteiger charge is 2.26. The average molecular weight is 400 g/mol. The number of hydrogen-bond acceptors (Lipinski definition) is 8. The first-order valence-corrected chi connectivity index (χ1v) is 8.50. The zero-order valence-corrected chi connectivity index (χ0v) is 16.6. The van der Waals surface area contributed by atoms with E-state index in [1.807, 2.05) is 0 Å². The van der Waals surface area contributed by atoms with Crippen LogP contribution in [0.25, 0.3) is 0 Å². The predicted molar refractivity (Wildman–Crippen MR) is 102 cm³/mol. The van der Waals surface area contributed by atoms with Gasteiger partial charge in [-0.2, -0.15) is 0 Å². The van der Waals surface area contributed by atoms with E-state index >= 15 is 0 Å². The van der Waals surface area contributed by atoms with Gasteiger partial charge in [-0.05, 0) is 50.5 Å². The van der Waals surface area contributed by atoms with E-state index in [1.165, 1.54) is 21.0 Å². The maximum atomic E-state index is 12.8. The quantitative estimate of drug-likeness (QED) is 0.445. The molecule has 29 heavy (non-hydrogen) atoms. The summed E-state index contributed by atoms with van der Waals surface area (Å²) in [6.45, 7) is 6.07. The summed E-state index contributed by atoms with van der Waals surface area (Å²) < 4.78 is 10.1. The van der Waals surface area contributed by atoms with E-state index in [4.69, 9.17) is 4.74 Å². The van der Waals surface area contributed by atoms with Crippen LogP contribution >= 0.6 is 0 Å². The molecule has 0 aromatic heterocycles. The first-order chi connectivity index (χ1) is 13.6. The number of rotatable bonds is 5. The molecule has 2 aromatic carbocycles. The molecule has 0 heterocycles. The number of carbonyl (C=O) groups is 4. The molecule has 0 aliphatic carbocycles. The molecule has 0 unspecified atom stereocenters. The number of phenolic OH excluding ortho intramolecular Hbond substituents is 2. The molecule has 2 N–H and O–H groups in total. The molecule has 0 bridgehead atoms. The maximum Gasteiger partial charge on any atom is 0.343 e. The second kappa shape index (κ2) is 8.14. The number of ether oxygens (including phenoxy) is 2. The van der Waals surface area contributed by atoms with Gasteiger partial charge in [-0.25, -0.2) is 9.59 Å². The minimum absolute atomic E-state index is 0.0328. The lowest BCUT2D eigenvalue weighted by Gasteiger charge is -2.18. The van der Waals surface area contributed by atoms with Gasteiger partial charge in [-0.3, -0.25) is 9.59 Å². The monoisotopic (exact) mass is 400 g/mol. The molecular weight excluding hydrogens is 380 g/mol. The topological polar surface area (TPSA) is 127 Å². The normalized spacial score (nSPS) is 10.4. The van der Waals surface area contributed by atoms with E-state index in [0.29, 0.717) is 23.7 Å². The average Bonchev–Trinajstić information content (AvgIpc) is 2.70. The minimum atomic E-state index is -0.899. The van der Waals surface area contributed by atoms with Crippen LogP contribution in [0.15, 0.2) is 6.07 Å². The highest BCUT2D eigenvalue weighted by atomic mass is 16.5. The van der Waals surface area contributed by atoms with Gasteiger partial charge in [0.05, 0.1) is 23.8 Å². The number of esters is 2. The van der Waals surface area contributed by atoms with Crippen LogP contribution in [0.5, 0.6) is 17.2 Å². The Morgan fingerprint density at radius 3 is 2.00 bits per heavy atom. The van der Waals surface area contributed by atoms with Crippen molar-refractivity contribution in [2.75, 3.05) is 7.11 Å². The second-order valence-corrected chi connectivity index (χ2v) is 6.45. The molecule has 8 nitrogen and oxygen atoms in total. The van der Waals surface area contributed by atoms with Crippen LogP contribution in [0.1, 0.15) is 63.7 Å². The zero-order chi connectivity index (χ0) is 22.0. The molecule has 2 rings (SSSR count). The molecule has 0 radical (unpaired) electrons. The van der Waals surface area contributed by atoms with Gasteiger partial charge >= 0.3 is 11.9 Å². The van der Waals surface area contributed by atoms with Crippen molar-refractivity contribution in [3.8, 4) is 17.2 Å². The highest BCUT2D eigenvalue weighted by Crippen LogP contribution is 2.38. The van der Waals surface area contributed by atoms with Gasteiger partial charge in [0.15, 0.2) is 12.6 Å². The first-order valence-electron chi connectivity index (χ1n) is 8.50. The smallest absolute Gasteiger partial charge is 0.343 e. The number of phenols is 2. The fourth-order valence-electron chi connectivity index (χ4n) is 3.02. The Labute approximate surface area is 166 Å². The zero-order valence-electron chi connectivity index (χ0n) is 16.6. The van der Waals surface area contributed by atoms with Crippen LogP contribution < -0.4 is 4.74 Å². The van der Waals surface area contributed by atoms with Crippen molar-refractivity contribution in [1.29, 1.82) is 0 Å². The third-order valence-electron chi connectivity index (χ3n) is 4.90. The van der Waals surface area contributed by atoms with E-state index in [0.717, 1.165) is 6.07 Å². The van der Waals surface area contributed by atoms with Crippen molar-refractivity contribution in [1.82, 2.24) is 0 Å². The molecule has 0 saturated heterocycles. The Balaban J connectivity index is 2.62. The molecule has 0 atom stereocenters. The first kappa shape index (κ1) is 21.6. The van der Waals surface area contributed by atoms with Crippen molar-refractivity contribution in [3.05, 3.63) is 50.6 Å². The number of carbonyl (C=O) groups excluding carboxylic acids is 4. The summed E-state index contributed by atoms with van der Waals surface area (Å²) in [4.78, 5) is 47.2. The van der Waals surface area contributed by atoms with Gasteiger partial charge in [0, 0.05) is 5.56 Å². The summed E-state index contributed by atoms with van der Waals surface area (Å²) in [5.41, 5.74) is 0.506. The molecule has 0 fully saturated rings. The Kier molecular flexibility index (Phi) is 6.06. The summed E-state index contributed by atoms with van der Waals surface area (Å²) in [5, 5.41) is 20.3. The summed E-state index contributed by atoms with van der Waals surface area (Å²) in [6, 6.07) is 1.12. The van der Waals surface area contributed by atoms with Crippen LogP contribution in [0.4, 0.5) is 0 Å². The number of methoxy groups -OCH3 is 1. The molecule has 0 amide bonds. The van der Waals surface area contributed by atoms with E-state index in [1.54, 1.807) is 13.8 Å². The molecule has 0 saturated carbocycles. The van der Waals surface area contributed by atoms with Crippen molar-refractivity contribution in [2.45, 2.75) is 27.7 Å². The third kappa shape index (κ3) is 3.56. The molecule has 2 aromatic rings. The van der Waals surface area contributed by atoms with E-state index in [-0.39, 0.29) is 44.9 Å². The predicted octanol–water partition coefficient (Wildman–Crippen LogP) is 2.96. The summed E-state index contributed by atoms with van der Waals surface area (Å²) in [6.07, 6.45) is 0.655. The standard InChI is InChI=1S/C21H20O8/c1-9-10(2)19(12(4)17(24)16(9)21(27)28-5)29-20(26)14-6-13(7-22)18(25)15(8-23)11(14)3/h6-8,24-25H,1-5H3. The Bertz CT molecular complexity index is 1020. The SMILES string of the molecule is COC(=O)c1c(C)c(C)c(OC(=O)c2cc(C=O)c(O)c(C=O)c2C)c(C)c1O. The van der Waals surface area contributed by atoms with Crippen LogP contribution in [-0.4, -0.2) is 41.8 Å². The third-order valence-corrected chi connectivity index (χ3v) is 4.90. The van der Waals surface area contributed by atoms with E-state index < -0.39 is 17.7 Å². The lowest BCUT2D eigenvalue weighted by molar-refractivity contribution is 0.0596. The molecule has 0 aliphatic heterocycles. The molecule has 0 aliphatic rings. The number of aromatic hydroxyl groups is 2. The van der Waals surface area contributed by atoms with Crippen LogP contribution in [0, 0.1) is 27.7 Å². The van der Waals surface area contributed by atoms with Crippen LogP contribution in [0.3, 0.4) is 0 Å². The summed E-state index contributed by atoms with van der Waals surface area (Å²) in [7, 11) is 1.18. The van der Waals surface area contributed by atoms with Gasteiger partial charge in [-0.1, -0.05) is 0 Å². The van der Waals surface area contributed by atoms with Gasteiger partial charge in [0.1, 0.15) is 22.8 Å². The fourth-order valence-corrected chi connectivity index (χ4v) is 3.02. The van der Waals surface area contributed by atoms with Gasteiger partial charge in [0.2, 0.25) is 0 Å². The van der Waals surface area contributed by atoms with Gasteiger partial charge in [0.25, 0.3) is 0 Å². The molecule has 0 spiro atoms. The van der Waals surface area contributed by atoms with Crippen molar-refractivity contribution >= 4 is 24.5 Å². The van der Waals surface area contributed by atoms with Crippen molar-refractivity contribution < 1.29 is 38.9 Å². The summed E-state index contributed by atoms with van der Waals surface area (Å²) >= 11 is 0. The lowest BCUT2D eigenvalue weighted by atomic mass is 9.96. The Morgan fingerprint density at radius 2 is 1.48 bits per heavy atom. The maximum absolute atomic E-state index is 12.8. The van der Waals surface area contributed by atoms with Crippen molar-refractivity contribution in [2.24, 2.45) is 0 Å². The van der Waals surface area contributed by atoms with Crippen LogP contribution in [-0.2, 0) is 4.74 Å². The molecule has 8 heteroatoms. The Hall–Kier alpha value is -3.68. The largest absolute Gasteiger partial charge is 0.507 e. The van der Waals surface area contributed by atoms with Crippen molar-refractivity contribution in [3.63, 3.8) is 0 Å². The van der Waals surface area contributed by atoms with Gasteiger partial charge in [-0.15, -0.1) is 0 Å². The highest BCUT2D eigenvalue weighted by molar-refractivity contribution is 6.01. The second-order valence-electron chi connectivity index (χ2n) is 6.45.